The first kappa shape index (κ1) is 15.4. The molecule has 2 amide bonds. The molecular weight excluding hydrogens is 266 g/mol. The van der Waals surface area contributed by atoms with Crippen molar-refractivity contribution in [3.05, 3.63) is 29.3 Å². The molecule has 1 aromatic carbocycles. The topological polar surface area (TPSA) is 52.7 Å². The minimum atomic E-state index is 0.150. The zero-order chi connectivity index (χ0) is 15.2. The van der Waals surface area contributed by atoms with Gasteiger partial charge in [0.25, 0.3) is 0 Å². The molecular formula is C16H23N3O2. The normalized spacial score (nSPS) is 15.0. The summed E-state index contributed by atoms with van der Waals surface area (Å²) in [6.07, 6.45) is 1.33. The summed E-state index contributed by atoms with van der Waals surface area (Å²) in [6, 6.07) is 6.30. The molecule has 0 unspecified atom stereocenters. The largest absolute Gasteiger partial charge is 0.385 e. The van der Waals surface area contributed by atoms with Crippen LogP contribution in [0.1, 0.15) is 17.5 Å². The third kappa shape index (κ3) is 4.48. The Balaban J connectivity index is 1.75. The van der Waals surface area contributed by atoms with Crippen molar-refractivity contribution in [2.24, 2.45) is 0 Å². The van der Waals surface area contributed by atoms with Crippen molar-refractivity contribution in [1.82, 2.24) is 9.80 Å². The third-order valence-electron chi connectivity index (χ3n) is 3.71. The molecule has 0 atom stereocenters. The Morgan fingerprint density at radius 2 is 1.76 bits per heavy atom. The number of amides is 2. The van der Waals surface area contributed by atoms with Crippen molar-refractivity contribution in [3.8, 4) is 0 Å². The number of carbonyl (C=O) groups is 2. The van der Waals surface area contributed by atoms with Gasteiger partial charge >= 0.3 is 0 Å². The minimum absolute atomic E-state index is 0.150. The second-order valence-electron chi connectivity index (χ2n) is 5.58. The number of piperazine rings is 1. The third-order valence-corrected chi connectivity index (χ3v) is 3.71. The fraction of sp³-hybridized carbons (Fsp3) is 0.500. The molecule has 0 radical (unpaired) electrons. The molecule has 1 N–H and O–H groups in total. The Labute approximate surface area is 125 Å². The van der Waals surface area contributed by atoms with Crippen molar-refractivity contribution in [2.45, 2.75) is 20.3 Å². The van der Waals surface area contributed by atoms with Crippen LogP contribution in [0.25, 0.3) is 0 Å². The van der Waals surface area contributed by atoms with E-state index in [0.29, 0.717) is 39.1 Å². The maximum absolute atomic E-state index is 12.1. The smallest absolute Gasteiger partial charge is 0.224 e. The molecule has 0 bridgehead atoms. The highest BCUT2D eigenvalue weighted by molar-refractivity contribution is 5.77. The predicted molar refractivity (Wildman–Crippen MR) is 83.2 cm³/mol. The number of hydrogen-bond donors (Lipinski definition) is 1. The van der Waals surface area contributed by atoms with Crippen molar-refractivity contribution in [1.29, 1.82) is 0 Å². The van der Waals surface area contributed by atoms with Gasteiger partial charge in [0, 0.05) is 44.8 Å². The summed E-state index contributed by atoms with van der Waals surface area (Å²) in [5.74, 6) is 0.150. The van der Waals surface area contributed by atoms with Crippen LogP contribution in [0.2, 0.25) is 0 Å². The lowest BCUT2D eigenvalue weighted by Gasteiger charge is -2.32. The van der Waals surface area contributed by atoms with E-state index in [0.717, 1.165) is 12.1 Å². The molecule has 1 saturated heterocycles. The predicted octanol–water partition coefficient (Wildman–Crippen LogP) is 1.41. The van der Waals surface area contributed by atoms with E-state index in [1.165, 1.54) is 11.1 Å². The van der Waals surface area contributed by atoms with Crippen LogP contribution in [-0.4, -0.2) is 54.8 Å². The molecule has 0 aliphatic carbocycles. The molecule has 1 heterocycles. The van der Waals surface area contributed by atoms with Gasteiger partial charge in [-0.05, 0) is 37.1 Å². The lowest BCUT2D eigenvalue weighted by Crippen LogP contribution is -2.48. The molecule has 114 valence electrons. The molecule has 1 aliphatic heterocycles. The second kappa shape index (κ2) is 7.11. The first-order chi connectivity index (χ1) is 10.1. The molecule has 0 saturated carbocycles. The van der Waals surface area contributed by atoms with E-state index in [1.807, 2.05) is 4.90 Å². The van der Waals surface area contributed by atoms with Gasteiger partial charge in [-0.2, -0.15) is 0 Å². The summed E-state index contributed by atoms with van der Waals surface area (Å²) in [7, 11) is 0. The minimum Gasteiger partial charge on any atom is -0.385 e. The quantitative estimate of drug-likeness (QED) is 0.834. The lowest BCUT2D eigenvalue weighted by atomic mass is 10.1. The van der Waals surface area contributed by atoms with E-state index < -0.39 is 0 Å². The second-order valence-corrected chi connectivity index (χ2v) is 5.58. The summed E-state index contributed by atoms with van der Waals surface area (Å²) in [6.45, 7) is 7.32. The number of nitrogens with zero attached hydrogens (tertiary/aromatic N) is 2. The van der Waals surface area contributed by atoms with Crippen molar-refractivity contribution < 1.29 is 9.59 Å². The molecule has 1 aliphatic rings. The van der Waals surface area contributed by atoms with Crippen LogP contribution >= 0.6 is 0 Å². The number of rotatable bonds is 5. The molecule has 2 rings (SSSR count). The van der Waals surface area contributed by atoms with Gasteiger partial charge in [0.2, 0.25) is 12.3 Å². The maximum Gasteiger partial charge on any atom is 0.224 e. The van der Waals surface area contributed by atoms with Crippen LogP contribution in [0.5, 0.6) is 0 Å². The van der Waals surface area contributed by atoms with E-state index in [4.69, 9.17) is 0 Å². The number of aryl methyl sites for hydroxylation is 2. The van der Waals surface area contributed by atoms with Crippen molar-refractivity contribution in [3.63, 3.8) is 0 Å². The Hall–Kier alpha value is -2.04. The van der Waals surface area contributed by atoms with Gasteiger partial charge in [0.1, 0.15) is 0 Å². The van der Waals surface area contributed by atoms with Gasteiger partial charge < -0.3 is 15.1 Å². The molecule has 1 aromatic rings. The molecule has 0 aromatic heterocycles. The van der Waals surface area contributed by atoms with E-state index in [1.54, 1.807) is 4.90 Å². The van der Waals surface area contributed by atoms with Crippen LogP contribution in [0, 0.1) is 13.8 Å². The average Bonchev–Trinajstić information content (AvgIpc) is 2.46. The Bertz CT molecular complexity index is 488. The molecule has 5 nitrogen and oxygen atoms in total. The van der Waals surface area contributed by atoms with Gasteiger partial charge in [-0.1, -0.05) is 6.07 Å². The van der Waals surface area contributed by atoms with Crippen LogP contribution in [0.4, 0.5) is 5.69 Å². The average molecular weight is 289 g/mol. The Morgan fingerprint density at radius 1 is 1.14 bits per heavy atom. The van der Waals surface area contributed by atoms with Crippen LogP contribution in [0.3, 0.4) is 0 Å². The van der Waals surface area contributed by atoms with E-state index in [2.05, 4.69) is 37.4 Å². The Morgan fingerprint density at radius 3 is 2.33 bits per heavy atom. The fourth-order valence-electron chi connectivity index (χ4n) is 2.63. The first-order valence-corrected chi connectivity index (χ1v) is 7.38. The number of nitrogens with one attached hydrogen (secondary N) is 1. The zero-order valence-corrected chi connectivity index (χ0v) is 12.8. The van der Waals surface area contributed by atoms with E-state index in [9.17, 15) is 9.59 Å². The number of hydrogen-bond acceptors (Lipinski definition) is 3. The molecule has 5 heteroatoms. The van der Waals surface area contributed by atoms with Crippen LogP contribution < -0.4 is 5.32 Å². The highest BCUT2D eigenvalue weighted by atomic mass is 16.2. The van der Waals surface area contributed by atoms with Crippen LogP contribution in [0.15, 0.2) is 18.2 Å². The highest BCUT2D eigenvalue weighted by Crippen LogP contribution is 2.13. The van der Waals surface area contributed by atoms with Gasteiger partial charge in [-0.25, -0.2) is 0 Å². The van der Waals surface area contributed by atoms with Gasteiger partial charge in [0.05, 0.1) is 0 Å². The molecule has 1 fully saturated rings. The number of carbonyl (C=O) groups excluding carboxylic acids is 2. The SMILES string of the molecule is Cc1cc(C)cc(NCCC(=O)N2CCN(C=O)CC2)c1. The Kier molecular flexibility index (Phi) is 5.20. The van der Waals surface area contributed by atoms with Gasteiger partial charge in [-0.3, -0.25) is 9.59 Å². The molecule has 0 spiro atoms. The summed E-state index contributed by atoms with van der Waals surface area (Å²) < 4.78 is 0. The fourth-order valence-corrected chi connectivity index (χ4v) is 2.63. The number of benzene rings is 1. The summed E-state index contributed by atoms with van der Waals surface area (Å²) in [5.41, 5.74) is 3.49. The summed E-state index contributed by atoms with van der Waals surface area (Å²) >= 11 is 0. The maximum atomic E-state index is 12.1. The van der Waals surface area contributed by atoms with Crippen molar-refractivity contribution in [2.75, 3.05) is 38.0 Å². The summed E-state index contributed by atoms with van der Waals surface area (Å²) in [5, 5.41) is 3.30. The monoisotopic (exact) mass is 289 g/mol. The van der Waals surface area contributed by atoms with Gasteiger partial charge in [-0.15, -0.1) is 0 Å². The van der Waals surface area contributed by atoms with E-state index >= 15 is 0 Å². The lowest BCUT2D eigenvalue weighted by molar-refractivity contribution is -0.134. The van der Waals surface area contributed by atoms with Crippen molar-refractivity contribution >= 4 is 18.0 Å². The zero-order valence-electron chi connectivity index (χ0n) is 12.8. The number of anilines is 1. The van der Waals surface area contributed by atoms with Gasteiger partial charge in [0.15, 0.2) is 0 Å². The standard InChI is InChI=1S/C16H23N3O2/c1-13-9-14(2)11-15(10-13)17-4-3-16(21)19-7-5-18(12-20)6-8-19/h9-12,17H,3-8H2,1-2H3. The van der Waals surface area contributed by atoms with Crippen LogP contribution in [-0.2, 0) is 9.59 Å². The highest BCUT2D eigenvalue weighted by Gasteiger charge is 2.19. The first-order valence-electron chi connectivity index (χ1n) is 7.38. The molecule has 21 heavy (non-hydrogen) atoms. The van der Waals surface area contributed by atoms with E-state index in [-0.39, 0.29) is 5.91 Å². The summed E-state index contributed by atoms with van der Waals surface area (Å²) in [4.78, 5) is 26.3.